The van der Waals surface area contributed by atoms with E-state index in [1.807, 2.05) is 17.7 Å². The van der Waals surface area contributed by atoms with Gasteiger partial charge in [-0.15, -0.1) is 0 Å². The molecule has 0 aliphatic rings. The molecule has 4 nitrogen and oxygen atoms in total. The summed E-state index contributed by atoms with van der Waals surface area (Å²) in [5.74, 6) is 0. The van der Waals surface area contributed by atoms with Crippen molar-refractivity contribution in [3.8, 4) is 0 Å². The van der Waals surface area contributed by atoms with E-state index < -0.39 is 0 Å². The molecule has 0 aromatic carbocycles. The minimum Gasteiger partial charge on any atom is -0.397 e. The maximum atomic E-state index is 5.68. The average Bonchev–Trinajstić information content (AvgIpc) is 2.44. The average molecular weight is 190 g/mol. The lowest BCUT2D eigenvalue weighted by molar-refractivity contribution is 0.543. The van der Waals surface area contributed by atoms with E-state index in [1.54, 1.807) is 6.20 Å². The van der Waals surface area contributed by atoms with Crippen LogP contribution in [0, 0.1) is 6.92 Å². The van der Waals surface area contributed by atoms with Gasteiger partial charge in [0.1, 0.15) is 0 Å². The summed E-state index contributed by atoms with van der Waals surface area (Å²) < 4.78 is 1.92. The minimum absolute atomic E-state index is 0.322. The Balaban J connectivity index is 2.77. The van der Waals surface area contributed by atoms with Crippen LogP contribution in [0.25, 0.3) is 11.0 Å². The Morgan fingerprint density at radius 3 is 2.79 bits per heavy atom. The molecule has 0 bridgehead atoms. The highest BCUT2D eigenvalue weighted by atomic mass is 15.3. The summed E-state index contributed by atoms with van der Waals surface area (Å²) in [6, 6.07) is 2.24. The Bertz CT molecular complexity index is 470. The van der Waals surface area contributed by atoms with Crippen molar-refractivity contribution in [3.63, 3.8) is 0 Å². The number of hydrogen-bond donors (Lipinski definition) is 1. The van der Waals surface area contributed by atoms with Crippen molar-refractivity contribution >= 4 is 16.7 Å². The first-order chi connectivity index (χ1) is 6.59. The van der Waals surface area contributed by atoms with Crippen LogP contribution in [0.3, 0.4) is 0 Å². The zero-order valence-electron chi connectivity index (χ0n) is 8.65. The molecule has 0 aliphatic carbocycles. The highest BCUT2D eigenvalue weighted by Gasteiger charge is 2.10. The van der Waals surface area contributed by atoms with Crippen LogP contribution in [0.4, 0.5) is 5.69 Å². The van der Waals surface area contributed by atoms with Gasteiger partial charge in [-0.2, -0.15) is 5.10 Å². The number of nitrogens with two attached hydrogens (primary N) is 1. The Morgan fingerprint density at radius 2 is 2.14 bits per heavy atom. The van der Waals surface area contributed by atoms with Crippen molar-refractivity contribution in [2.45, 2.75) is 26.8 Å². The summed E-state index contributed by atoms with van der Waals surface area (Å²) in [7, 11) is 0. The van der Waals surface area contributed by atoms with Gasteiger partial charge in [0.05, 0.1) is 17.6 Å². The van der Waals surface area contributed by atoms with Gasteiger partial charge in [-0.3, -0.25) is 0 Å². The monoisotopic (exact) mass is 190 g/mol. The molecule has 0 amide bonds. The van der Waals surface area contributed by atoms with Gasteiger partial charge in [0, 0.05) is 11.4 Å². The largest absolute Gasteiger partial charge is 0.397 e. The van der Waals surface area contributed by atoms with Gasteiger partial charge in [0.15, 0.2) is 5.65 Å². The normalized spacial score (nSPS) is 11.4. The van der Waals surface area contributed by atoms with Crippen LogP contribution in [0.15, 0.2) is 12.3 Å². The topological polar surface area (TPSA) is 56.7 Å². The van der Waals surface area contributed by atoms with Crippen molar-refractivity contribution in [1.82, 2.24) is 14.8 Å². The standard InChI is InChI=1S/C10H14N4/c1-6(2)14-10-9(7(3)13-14)4-8(11)5-12-10/h4-6H,11H2,1-3H3. The molecular weight excluding hydrogens is 176 g/mol. The molecule has 74 valence electrons. The van der Waals surface area contributed by atoms with Crippen molar-refractivity contribution in [3.05, 3.63) is 18.0 Å². The second kappa shape index (κ2) is 2.97. The number of hydrogen-bond acceptors (Lipinski definition) is 3. The highest BCUT2D eigenvalue weighted by molar-refractivity contribution is 5.81. The lowest BCUT2D eigenvalue weighted by atomic mass is 10.2. The Morgan fingerprint density at radius 1 is 1.43 bits per heavy atom. The molecule has 14 heavy (non-hydrogen) atoms. The first kappa shape index (κ1) is 8.99. The molecule has 0 radical (unpaired) electrons. The molecule has 0 spiro atoms. The SMILES string of the molecule is Cc1nn(C(C)C)c2ncc(N)cc12. The summed E-state index contributed by atoms with van der Waals surface area (Å²) in [6.45, 7) is 6.15. The molecule has 0 aliphatic heterocycles. The van der Waals surface area contributed by atoms with E-state index in [1.165, 1.54) is 0 Å². The second-order valence-corrected chi connectivity index (χ2v) is 3.76. The number of nitrogens with zero attached hydrogens (tertiary/aromatic N) is 3. The van der Waals surface area contributed by atoms with Crippen molar-refractivity contribution in [1.29, 1.82) is 0 Å². The third-order valence-electron chi connectivity index (χ3n) is 2.24. The predicted octanol–water partition coefficient (Wildman–Crippen LogP) is 1.90. The number of fused-ring (bicyclic) bond motifs is 1. The van der Waals surface area contributed by atoms with Gasteiger partial charge >= 0.3 is 0 Å². The second-order valence-electron chi connectivity index (χ2n) is 3.76. The molecule has 4 heteroatoms. The van der Waals surface area contributed by atoms with E-state index in [2.05, 4.69) is 23.9 Å². The summed E-state index contributed by atoms with van der Waals surface area (Å²) >= 11 is 0. The fourth-order valence-corrected chi connectivity index (χ4v) is 1.55. The van der Waals surface area contributed by atoms with Gasteiger partial charge < -0.3 is 5.73 Å². The summed E-state index contributed by atoms with van der Waals surface area (Å²) in [4.78, 5) is 4.30. The fourth-order valence-electron chi connectivity index (χ4n) is 1.55. The molecule has 2 aromatic rings. The summed E-state index contributed by atoms with van der Waals surface area (Å²) in [6.07, 6.45) is 1.67. The summed E-state index contributed by atoms with van der Waals surface area (Å²) in [5, 5.41) is 5.47. The molecule has 0 unspecified atom stereocenters. The van der Waals surface area contributed by atoms with E-state index in [4.69, 9.17) is 5.73 Å². The van der Waals surface area contributed by atoms with Crippen LogP contribution in [0.1, 0.15) is 25.6 Å². The van der Waals surface area contributed by atoms with Gasteiger partial charge in [0.25, 0.3) is 0 Å². The number of anilines is 1. The molecular formula is C10H14N4. The third-order valence-corrected chi connectivity index (χ3v) is 2.24. The Hall–Kier alpha value is -1.58. The van der Waals surface area contributed by atoms with Gasteiger partial charge in [-0.05, 0) is 26.8 Å². The van der Waals surface area contributed by atoms with Crippen LogP contribution in [0.2, 0.25) is 0 Å². The van der Waals surface area contributed by atoms with E-state index in [0.717, 1.165) is 16.7 Å². The minimum atomic E-state index is 0.322. The predicted molar refractivity (Wildman–Crippen MR) is 57.1 cm³/mol. The van der Waals surface area contributed by atoms with E-state index in [0.29, 0.717) is 11.7 Å². The zero-order valence-corrected chi connectivity index (χ0v) is 8.65. The van der Waals surface area contributed by atoms with Crippen LogP contribution in [-0.2, 0) is 0 Å². The fraction of sp³-hybridized carbons (Fsp3) is 0.400. The maximum absolute atomic E-state index is 5.68. The molecule has 0 fully saturated rings. The Kier molecular flexibility index (Phi) is 1.91. The van der Waals surface area contributed by atoms with Crippen molar-refractivity contribution in [2.24, 2.45) is 0 Å². The lowest BCUT2D eigenvalue weighted by Crippen LogP contribution is -2.03. The molecule has 2 aromatic heterocycles. The van der Waals surface area contributed by atoms with Gasteiger partial charge in [-0.1, -0.05) is 0 Å². The number of pyridine rings is 1. The third kappa shape index (κ3) is 1.23. The molecule has 2 heterocycles. The quantitative estimate of drug-likeness (QED) is 0.747. The van der Waals surface area contributed by atoms with Crippen LogP contribution >= 0.6 is 0 Å². The highest BCUT2D eigenvalue weighted by Crippen LogP contribution is 2.20. The number of rotatable bonds is 1. The van der Waals surface area contributed by atoms with Gasteiger partial charge in [-0.25, -0.2) is 9.67 Å². The lowest BCUT2D eigenvalue weighted by Gasteiger charge is -2.05. The van der Waals surface area contributed by atoms with Crippen LogP contribution in [0.5, 0.6) is 0 Å². The summed E-state index contributed by atoms with van der Waals surface area (Å²) in [5.41, 5.74) is 8.25. The molecule has 0 atom stereocenters. The first-order valence-electron chi connectivity index (χ1n) is 4.70. The smallest absolute Gasteiger partial charge is 0.158 e. The number of aromatic nitrogens is 3. The van der Waals surface area contributed by atoms with Crippen molar-refractivity contribution in [2.75, 3.05) is 5.73 Å². The van der Waals surface area contributed by atoms with Crippen LogP contribution < -0.4 is 5.73 Å². The molecule has 2 N–H and O–H groups in total. The van der Waals surface area contributed by atoms with E-state index >= 15 is 0 Å². The Labute approximate surface area is 82.7 Å². The molecule has 0 saturated carbocycles. The first-order valence-corrected chi connectivity index (χ1v) is 4.70. The van der Waals surface area contributed by atoms with E-state index in [9.17, 15) is 0 Å². The van der Waals surface area contributed by atoms with Gasteiger partial charge in [0.2, 0.25) is 0 Å². The van der Waals surface area contributed by atoms with Crippen LogP contribution in [-0.4, -0.2) is 14.8 Å². The molecule has 0 saturated heterocycles. The van der Waals surface area contributed by atoms with E-state index in [-0.39, 0.29) is 0 Å². The molecule has 2 rings (SSSR count). The van der Waals surface area contributed by atoms with Crippen molar-refractivity contribution < 1.29 is 0 Å². The number of aryl methyl sites for hydroxylation is 1. The zero-order chi connectivity index (χ0) is 10.3. The maximum Gasteiger partial charge on any atom is 0.158 e. The number of nitrogen functional groups attached to an aromatic ring is 1.